The molecule has 0 saturated carbocycles. The molecule has 0 aliphatic carbocycles. The number of rotatable bonds is 5. The van der Waals surface area contributed by atoms with Crippen molar-refractivity contribution in [2.45, 2.75) is 31.6 Å². The number of pyridine rings is 1. The first kappa shape index (κ1) is 23.5. The van der Waals surface area contributed by atoms with Gasteiger partial charge >= 0.3 is 0 Å². The number of benzene rings is 1. The number of aromatic amines is 1. The number of sulfonamides is 1. The van der Waals surface area contributed by atoms with Crippen LogP contribution in [-0.2, 0) is 28.3 Å². The monoisotopic (exact) mass is 491 g/mol. The summed E-state index contributed by atoms with van der Waals surface area (Å²) in [4.78, 5) is 30.0. The number of hydrogen-bond acceptors (Lipinski definition) is 5. The molecule has 1 fully saturated rings. The number of halogens is 1. The van der Waals surface area contributed by atoms with E-state index in [2.05, 4.69) is 10.1 Å². The van der Waals surface area contributed by atoms with Crippen LogP contribution in [0.15, 0.2) is 34.0 Å². The number of carbonyl (C=O) groups is 1. The Morgan fingerprint density at radius 3 is 2.48 bits per heavy atom. The van der Waals surface area contributed by atoms with E-state index in [-0.39, 0.29) is 40.9 Å². The Bertz CT molecular complexity index is 1390. The molecule has 1 amide bonds. The lowest BCUT2D eigenvalue weighted by Gasteiger charge is -2.34. The molecule has 1 aliphatic heterocycles. The molecule has 0 radical (unpaired) electrons. The minimum atomic E-state index is -3.72. The fourth-order valence-electron chi connectivity index (χ4n) is 4.42. The Balaban J connectivity index is 1.42. The maximum atomic E-state index is 12.9. The van der Waals surface area contributed by atoms with Gasteiger partial charge in [-0.2, -0.15) is 9.40 Å². The molecule has 1 saturated heterocycles. The molecule has 2 aromatic heterocycles. The SMILES string of the molecule is Cc1nn(C)c2[nH]c(=O)c(CCC(=O)N3CCN(S(=O)(=O)c4ccccc4Cl)CC3)c(C)c12. The predicted molar refractivity (Wildman–Crippen MR) is 126 cm³/mol. The summed E-state index contributed by atoms with van der Waals surface area (Å²) in [7, 11) is -1.94. The van der Waals surface area contributed by atoms with Gasteiger partial charge in [0.2, 0.25) is 15.9 Å². The van der Waals surface area contributed by atoms with E-state index in [1.807, 2.05) is 13.8 Å². The number of nitrogens with zero attached hydrogens (tertiary/aromatic N) is 4. The van der Waals surface area contributed by atoms with Gasteiger partial charge in [0, 0.05) is 50.6 Å². The molecule has 9 nitrogen and oxygen atoms in total. The molecule has 3 heterocycles. The van der Waals surface area contributed by atoms with Gasteiger partial charge < -0.3 is 9.88 Å². The summed E-state index contributed by atoms with van der Waals surface area (Å²) >= 11 is 6.08. The second-order valence-corrected chi connectivity index (χ2v) is 10.5. The quantitative estimate of drug-likeness (QED) is 0.587. The van der Waals surface area contributed by atoms with Gasteiger partial charge in [-0.1, -0.05) is 23.7 Å². The van der Waals surface area contributed by atoms with Crippen molar-refractivity contribution in [1.82, 2.24) is 24.0 Å². The molecular formula is C22H26ClN5O4S. The zero-order valence-electron chi connectivity index (χ0n) is 18.8. The van der Waals surface area contributed by atoms with Crippen molar-refractivity contribution in [2.24, 2.45) is 7.05 Å². The second-order valence-electron chi connectivity index (χ2n) is 8.21. The van der Waals surface area contributed by atoms with Gasteiger partial charge in [0.15, 0.2) is 0 Å². The van der Waals surface area contributed by atoms with E-state index in [1.165, 1.54) is 10.4 Å². The van der Waals surface area contributed by atoms with Crippen LogP contribution >= 0.6 is 11.6 Å². The summed E-state index contributed by atoms with van der Waals surface area (Å²) in [6.45, 7) is 4.74. The predicted octanol–water partition coefficient (Wildman–Crippen LogP) is 2.00. The van der Waals surface area contributed by atoms with Crippen molar-refractivity contribution < 1.29 is 13.2 Å². The van der Waals surface area contributed by atoms with Crippen molar-refractivity contribution >= 4 is 38.6 Å². The largest absolute Gasteiger partial charge is 0.340 e. The minimum Gasteiger partial charge on any atom is -0.340 e. The number of aromatic nitrogens is 3. The van der Waals surface area contributed by atoms with Crippen LogP contribution in [0.25, 0.3) is 11.0 Å². The van der Waals surface area contributed by atoms with Crippen LogP contribution < -0.4 is 5.56 Å². The number of carbonyl (C=O) groups excluding carboxylic acids is 1. The van der Waals surface area contributed by atoms with Gasteiger partial charge in [-0.15, -0.1) is 0 Å². The molecule has 33 heavy (non-hydrogen) atoms. The molecule has 0 spiro atoms. The number of piperazine rings is 1. The molecule has 0 bridgehead atoms. The third-order valence-corrected chi connectivity index (χ3v) is 8.59. The van der Waals surface area contributed by atoms with Crippen molar-refractivity contribution in [3.05, 3.63) is 56.5 Å². The summed E-state index contributed by atoms with van der Waals surface area (Å²) in [6.07, 6.45) is 0.481. The topological polar surface area (TPSA) is 108 Å². The number of aryl methyl sites for hydroxylation is 3. The highest BCUT2D eigenvalue weighted by molar-refractivity contribution is 7.89. The van der Waals surface area contributed by atoms with E-state index in [9.17, 15) is 18.0 Å². The number of hydrogen-bond donors (Lipinski definition) is 1. The number of amides is 1. The van der Waals surface area contributed by atoms with Crippen LogP contribution in [0.3, 0.4) is 0 Å². The van der Waals surface area contributed by atoms with E-state index >= 15 is 0 Å². The normalized spacial score (nSPS) is 15.3. The fourth-order valence-corrected chi connectivity index (χ4v) is 6.33. The Morgan fingerprint density at radius 1 is 1.15 bits per heavy atom. The Morgan fingerprint density at radius 2 is 1.82 bits per heavy atom. The van der Waals surface area contributed by atoms with Gasteiger partial charge in [0.25, 0.3) is 5.56 Å². The van der Waals surface area contributed by atoms with Gasteiger partial charge in [-0.05, 0) is 38.0 Å². The number of fused-ring (bicyclic) bond motifs is 1. The van der Waals surface area contributed by atoms with Gasteiger partial charge in [-0.3, -0.25) is 14.3 Å². The third kappa shape index (κ3) is 4.30. The Labute approximate surface area is 197 Å². The first-order valence-electron chi connectivity index (χ1n) is 10.7. The molecule has 0 atom stereocenters. The summed E-state index contributed by atoms with van der Waals surface area (Å²) < 4.78 is 28.8. The van der Waals surface area contributed by atoms with E-state index < -0.39 is 10.0 Å². The maximum Gasteiger partial charge on any atom is 0.253 e. The average Bonchev–Trinajstić information content (AvgIpc) is 3.06. The summed E-state index contributed by atoms with van der Waals surface area (Å²) in [6, 6.07) is 6.34. The molecule has 0 unspecified atom stereocenters. The van der Waals surface area contributed by atoms with E-state index in [0.29, 0.717) is 30.7 Å². The molecule has 4 rings (SSSR count). The van der Waals surface area contributed by atoms with Crippen molar-refractivity contribution in [3.8, 4) is 0 Å². The van der Waals surface area contributed by atoms with Crippen LogP contribution in [-0.4, -0.2) is 64.5 Å². The van der Waals surface area contributed by atoms with E-state index in [4.69, 9.17) is 11.6 Å². The smallest absolute Gasteiger partial charge is 0.253 e. The number of nitrogens with one attached hydrogen (secondary N) is 1. The highest BCUT2D eigenvalue weighted by atomic mass is 35.5. The summed E-state index contributed by atoms with van der Waals surface area (Å²) in [5.74, 6) is -0.105. The van der Waals surface area contributed by atoms with Gasteiger partial charge in [-0.25, -0.2) is 8.42 Å². The van der Waals surface area contributed by atoms with E-state index in [0.717, 1.165) is 16.6 Å². The first-order valence-corrected chi connectivity index (χ1v) is 12.5. The van der Waals surface area contributed by atoms with Crippen molar-refractivity contribution in [3.63, 3.8) is 0 Å². The van der Waals surface area contributed by atoms with Crippen LogP contribution in [0.5, 0.6) is 0 Å². The van der Waals surface area contributed by atoms with E-state index in [1.54, 1.807) is 34.8 Å². The van der Waals surface area contributed by atoms with Gasteiger partial charge in [0.1, 0.15) is 10.5 Å². The molecule has 1 N–H and O–H groups in total. The highest BCUT2D eigenvalue weighted by Crippen LogP contribution is 2.25. The van der Waals surface area contributed by atoms with Crippen molar-refractivity contribution in [1.29, 1.82) is 0 Å². The van der Waals surface area contributed by atoms with Crippen LogP contribution in [0, 0.1) is 13.8 Å². The standard InChI is InChI=1S/C22H26ClN5O4S/c1-14-16(22(30)24-21-20(14)15(2)25-26(21)3)8-9-19(29)27-10-12-28(13-11-27)33(31,32)18-7-5-4-6-17(18)23/h4-7H,8-13H2,1-3H3,(H,24,30). The number of H-pyrrole nitrogens is 1. The van der Waals surface area contributed by atoms with Crippen LogP contribution in [0.1, 0.15) is 23.2 Å². The Hall–Kier alpha value is -2.69. The van der Waals surface area contributed by atoms with Crippen LogP contribution in [0.2, 0.25) is 5.02 Å². The average molecular weight is 492 g/mol. The fraction of sp³-hybridized carbons (Fsp3) is 0.409. The second kappa shape index (κ2) is 8.92. The molecule has 1 aliphatic rings. The lowest BCUT2D eigenvalue weighted by atomic mass is 10.0. The molecular weight excluding hydrogens is 466 g/mol. The Kier molecular flexibility index (Phi) is 6.35. The maximum absolute atomic E-state index is 12.9. The van der Waals surface area contributed by atoms with Gasteiger partial charge in [0.05, 0.1) is 10.7 Å². The highest BCUT2D eigenvalue weighted by Gasteiger charge is 2.31. The third-order valence-electron chi connectivity index (χ3n) is 6.19. The lowest BCUT2D eigenvalue weighted by molar-refractivity contribution is -0.132. The van der Waals surface area contributed by atoms with Crippen LogP contribution in [0.4, 0.5) is 0 Å². The van der Waals surface area contributed by atoms with Crippen molar-refractivity contribution in [2.75, 3.05) is 26.2 Å². The minimum absolute atomic E-state index is 0.0715. The first-order chi connectivity index (χ1) is 15.6. The zero-order chi connectivity index (χ0) is 23.9. The molecule has 11 heteroatoms. The molecule has 176 valence electrons. The molecule has 3 aromatic rings. The molecule has 1 aromatic carbocycles. The lowest BCUT2D eigenvalue weighted by Crippen LogP contribution is -2.50. The zero-order valence-corrected chi connectivity index (χ0v) is 20.3. The summed E-state index contributed by atoms with van der Waals surface area (Å²) in [5.41, 5.74) is 2.69. The summed E-state index contributed by atoms with van der Waals surface area (Å²) in [5, 5.41) is 5.44.